The zero-order chi connectivity index (χ0) is 27.5. The maximum Gasteiger partial charge on any atom is 0.331 e. The molecule has 2 aliphatic heterocycles. The lowest BCUT2D eigenvalue weighted by Gasteiger charge is -2.24. The summed E-state index contributed by atoms with van der Waals surface area (Å²) in [5.41, 5.74) is 0.664. The van der Waals surface area contributed by atoms with E-state index < -0.39 is 54.3 Å². The van der Waals surface area contributed by atoms with Crippen LogP contribution in [0.1, 0.15) is 43.7 Å². The number of carbonyl (C=O) groups excluding carboxylic acids is 5. The van der Waals surface area contributed by atoms with Gasteiger partial charge >= 0.3 is 11.9 Å². The van der Waals surface area contributed by atoms with Crippen LogP contribution in [0, 0.1) is 11.8 Å². The highest BCUT2D eigenvalue weighted by Gasteiger charge is 2.34. The summed E-state index contributed by atoms with van der Waals surface area (Å²) in [5, 5.41) is 15.0. The molecule has 1 fully saturated rings. The second kappa shape index (κ2) is 14.3. The lowest BCUT2D eigenvalue weighted by molar-refractivity contribution is -0.157. The number of amides is 3. The Labute approximate surface area is 221 Å². The van der Waals surface area contributed by atoms with Gasteiger partial charge in [-0.1, -0.05) is 42.5 Å². The van der Waals surface area contributed by atoms with Crippen molar-refractivity contribution in [2.75, 3.05) is 33.4 Å². The van der Waals surface area contributed by atoms with Gasteiger partial charge in [0.25, 0.3) is 0 Å². The first-order valence-electron chi connectivity index (χ1n) is 12.8. The number of aliphatic hydroxyl groups excluding tert-OH is 1. The summed E-state index contributed by atoms with van der Waals surface area (Å²) in [6.07, 6.45) is 5.18. The van der Waals surface area contributed by atoms with Crippen molar-refractivity contribution in [3.63, 3.8) is 0 Å². The Morgan fingerprint density at radius 2 is 1.82 bits per heavy atom. The second-order valence-electron chi connectivity index (χ2n) is 9.35. The Morgan fingerprint density at radius 3 is 2.47 bits per heavy atom. The van der Waals surface area contributed by atoms with Gasteiger partial charge in [0.15, 0.2) is 6.04 Å². The molecule has 38 heavy (non-hydrogen) atoms. The van der Waals surface area contributed by atoms with E-state index in [1.165, 1.54) is 0 Å². The zero-order valence-corrected chi connectivity index (χ0v) is 21.5. The van der Waals surface area contributed by atoms with Gasteiger partial charge in [-0.2, -0.15) is 0 Å². The van der Waals surface area contributed by atoms with Gasteiger partial charge in [-0.3, -0.25) is 19.2 Å². The number of methoxy groups -OCH3 is 1. The summed E-state index contributed by atoms with van der Waals surface area (Å²) in [6.45, 7) is 0.420. The van der Waals surface area contributed by atoms with E-state index in [0.29, 0.717) is 18.7 Å². The van der Waals surface area contributed by atoms with E-state index in [1.54, 1.807) is 47.4 Å². The fourth-order valence-corrected chi connectivity index (χ4v) is 4.45. The Morgan fingerprint density at radius 1 is 1.13 bits per heavy atom. The third-order valence-corrected chi connectivity index (χ3v) is 6.70. The lowest BCUT2D eigenvalue weighted by Crippen LogP contribution is -2.50. The molecule has 0 radical (unpaired) electrons. The summed E-state index contributed by atoms with van der Waals surface area (Å²) in [7, 11) is 1.13. The zero-order valence-electron chi connectivity index (χ0n) is 21.5. The number of hydrogen-bond donors (Lipinski definition) is 3. The summed E-state index contributed by atoms with van der Waals surface area (Å²) in [6, 6.07) is 6.75. The Balaban J connectivity index is 1.79. The first-order chi connectivity index (χ1) is 18.3. The first-order valence-corrected chi connectivity index (χ1v) is 12.8. The van der Waals surface area contributed by atoms with E-state index >= 15 is 0 Å². The number of esters is 2. The largest absolute Gasteiger partial charge is 0.467 e. The SMILES string of the molecule is COC(=O)C1COC(=O)C(CC(=O)N2CCCC2)CC=CCC(C(=O)N[C@@H](CO)c2ccccc2)C(=O)N1. The molecule has 0 aromatic heterocycles. The van der Waals surface area contributed by atoms with Gasteiger partial charge in [0, 0.05) is 19.5 Å². The third kappa shape index (κ3) is 7.88. The summed E-state index contributed by atoms with van der Waals surface area (Å²) in [5.74, 6) is -5.07. The molecule has 3 N–H and O–H groups in total. The van der Waals surface area contributed by atoms with Crippen molar-refractivity contribution in [2.24, 2.45) is 11.8 Å². The molecule has 1 aromatic carbocycles. The monoisotopic (exact) mass is 529 g/mol. The molecule has 0 saturated carbocycles. The van der Waals surface area contributed by atoms with Gasteiger partial charge in [-0.25, -0.2) is 4.79 Å². The van der Waals surface area contributed by atoms with Crippen molar-refractivity contribution in [3.8, 4) is 0 Å². The molecule has 0 spiro atoms. The molecule has 2 aliphatic rings. The van der Waals surface area contributed by atoms with Gasteiger partial charge in [0.1, 0.15) is 12.5 Å². The fourth-order valence-electron chi connectivity index (χ4n) is 4.45. The van der Waals surface area contributed by atoms with E-state index in [4.69, 9.17) is 9.47 Å². The quantitative estimate of drug-likeness (QED) is 0.264. The number of ether oxygens (including phenoxy) is 2. The Hall–Kier alpha value is -3.73. The van der Waals surface area contributed by atoms with E-state index in [2.05, 4.69) is 10.6 Å². The van der Waals surface area contributed by atoms with E-state index in [9.17, 15) is 29.1 Å². The van der Waals surface area contributed by atoms with Crippen LogP contribution in [-0.2, 0) is 33.4 Å². The maximum atomic E-state index is 13.2. The minimum atomic E-state index is -1.34. The molecule has 206 valence electrons. The van der Waals surface area contributed by atoms with Gasteiger partial charge < -0.3 is 30.1 Å². The minimum absolute atomic E-state index is 0.0274. The lowest BCUT2D eigenvalue weighted by atomic mass is 9.97. The Kier molecular flexibility index (Phi) is 10.8. The van der Waals surface area contributed by atoms with Crippen LogP contribution in [-0.4, -0.2) is 79.1 Å². The molecule has 3 unspecified atom stereocenters. The van der Waals surface area contributed by atoms with Gasteiger partial charge in [-0.15, -0.1) is 0 Å². The van der Waals surface area contributed by atoms with E-state index in [1.807, 2.05) is 0 Å². The number of likely N-dealkylation sites (tertiary alicyclic amines) is 1. The highest BCUT2D eigenvalue weighted by molar-refractivity contribution is 6.01. The molecule has 1 aromatic rings. The van der Waals surface area contributed by atoms with Gasteiger partial charge in [0.2, 0.25) is 17.7 Å². The van der Waals surface area contributed by atoms with Crippen LogP contribution in [0.2, 0.25) is 0 Å². The number of benzene rings is 1. The normalized spacial score (nSPS) is 23.3. The average molecular weight is 530 g/mol. The van der Waals surface area contributed by atoms with Crippen LogP contribution in [0.25, 0.3) is 0 Å². The molecule has 11 heteroatoms. The van der Waals surface area contributed by atoms with Crippen LogP contribution in [0.4, 0.5) is 0 Å². The second-order valence-corrected chi connectivity index (χ2v) is 9.35. The van der Waals surface area contributed by atoms with Gasteiger partial charge in [0.05, 0.1) is 25.7 Å². The topological polar surface area (TPSA) is 151 Å². The number of aliphatic hydroxyl groups is 1. The third-order valence-electron chi connectivity index (χ3n) is 6.70. The number of hydrogen-bond acceptors (Lipinski definition) is 8. The van der Waals surface area contributed by atoms with Crippen LogP contribution in [0.3, 0.4) is 0 Å². The number of carbonyl (C=O) groups is 5. The number of rotatable bonds is 7. The summed E-state index contributed by atoms with van der Waals surface area (Å²) >= 11 is 0. The van der Waals surface area contributed by atoms with Crippen molar-refractivity contribution < 1.29 is 38.6 Å². The summed E-state index contributed by atoms with van der Waals surface area (Å²) < 4.78 is 10.1. The molecule has 0 bridgehead atoms. The van der Waals surface area contributed by atoms with Crippen LogP contribution >= 0.6 is 0 Å². The molecule has 11 nitrogen and oxygen atoms in total. The number of nitrogens with one attached hydrogen (secondary N) is 2. The van der Waals surface area contributed by atoms with Crippen molar-refractivity contribution >= 4 is 29.7 Å². The van der Waals surface area contributed by atoms with Crippen LogP contribution in [0.15, 0.2) is 42.5 Å². The van der Waals surface area contributed by atoms with Crippen LogP contribution < -0.4 is 10.6 Å². The molecule has 3 rings (SSSR count). The molecular weight excluding hydrogens is 494 g/mol. The van der Waals surface area contributed by atoms with Crippen molar-refractivity contribution in [1.29, 1.82) is 0 Å². The highest BCUT2D eigenvalue weighted by atomic mass is 16.5. The van der Waals surface area contributed by atoms with E-state index in [0.717, 1.165) is 20.0 Å². The maximum absolute atomic E-state index is 13.2. The Bertz CT molecular complexity index is 1020. The predicted molar refractivity (Wildman–Crippen MR) is 135 cm³/mol. The van der Waals surface area contributed by atoms with Crippen molar-refractivity contribution in [3.05, 3.63) is 48.0 Å². The molecule has 2 heterocycles. The molecule has 0 aliphatic carbocycles. The molecule has 3 amide bonds. The number of cyclic esters (lactones) is 1. The molecule has 4 atom stereocenters. The predicted octanol–water partition coefficient (Wildman–Crippen LogP) is 0.632. The van der Waals surface area contributed by atoms with E-state index in [-0.39, 0.29) is 31.8 Å². The summed E-state index contributed by atoms with van der Waals surface area (Å²) in [4.78, 5) is 65.7. The van der Waals surface area contributed by atoms with Crippen molar-refractivity contribution in [2.45, 2.75) is 44.2 Å². The van der Waals surface area contributed by atoms with Gasteiger partial charge in [-0.05, 0) is 31.2 Å². The average Bonchev–Trinajstić information content (AvgIpc) is 3.47. The molecular formula is C27H35N3O8. The fraction of sp³-hybridized carbons (Fsp3) is 0.519. The standard InChI is InChI=1S/C27H35N3O8/c1-37-27(36)22-17-38-26(35)19(15-23(32)30-13-7-8-14-30)11-5-6-12-20(25(34)29-22)24(33)28-21(16-31)18-9-3-2-4-10-18/h2-6,9-10,19-22,31H,7-8,11-17H2,1H3,(H,28,33)(H,29,34)/t19?,20?,21-,22?/m0/s1. The first kappa shape index (κ1) is 28.8. The highest BCUT2D eigenvalue weighted by Crippen LogP contribution is 2.20. The van der Waals surface area contributed by atoms with Crippen molar-refractivity contribution in [1.82, 2.24) is 15.5 Å². The number of allylic oxidation sites excluding steroid dienone is 2. The smallest absolute Gasteiger partial charge is 0.331 e. The van der Waals surface area contributed by atoms with Crippen LogP contribution in [0.5, 0.6) is 0 Å². The molecule has 1 saturated heterocycles. The number of nitrogens with zero attached hydrogens (tertiary/aromatic N) is 1. The minimum Gasteiger partial charge on any atom is -0.467 e.